The van der Waals surface area contributed by atoms with Crippen molar-refractivity contribution in [2.24, 2.45) is 5.41 Å². The maximum absolute atomic E-state index is 12.0. The monoisotopic (exact) mass is 295 g/mol. The van der Waals surface area contributed by atoms with E-state index >= 15 is 0 Å². The van der Waals surface area contributed by atoms with Crippen molar-refractivity contribution < 1.29 is 14.7 Å². The van der Waals surface area contributed by atoms with E-state index in [9.17, 15) is 9.59 Å². The molecule has 1 rings (SSSR count). The Hall–Kier alpha value is -1.49. The van der Waals surface area contributed by atoms with Crippen LogP contribution in [0.3, 0.4) is 0 Å². The summed E-state index contributed by atoms with van der Waals surface area (Å²) in [6, 6.07) is 7.58. The summed E-state index contributed by atoms with van der Waals surface area (Å²) < 4.78 is 0. The van der Waals surface area contributed by atoms with Crippen molar-refractivity contribution in [2.45, 2.75) is 38.5 Å². The molecule has 0 aromatic heterocycles. The van der Waals surface area contributed by atoms with Crippen molar-refractivity contribution >= 4 is 29.3 Å². The van der Waals surface area contributed by atoms with E-state index in [1.165, 1.54) is 0 Å². The molecule has 0 aliphatic heterocycles. The second-order valence-electron chi connectivity index (χ2n) is 5.55. The first-order chi connectivity index (χ1) is 9.30. The highest BCUT2D eigenvalue weighted by Crippen LogP contribution is 2.29. The van der Waals surface area contributed by atoms with Gasteiger partial charge in [-0.15, -0.1) is 11.8 Å². The zero-order chi connectivity index (χ0) is 15.2. The summed E-state index contributed by atoms with van der Waals surface area (Å²) in [4.78, 5) is 23.4. The van der Waals surface area contributed by atoms with Crippen LogP contribution in [0.25, 0.3) is 0 Å². The lowest BCUT2D eigenvalue weighted by molar-refractivity contribution is -0.137. The second kappa shape index (κ2) is 7.33. The summed E-state index contributed by atoms with van der Waals surface area (Å²) in [5, 5.41) is 11.5. The Bertz CT molecular complexity index is 480. The lowest BCUT2D eigenvalue weighted by Crippen LogP contribution is -2.27. The molecule has 4 nitrogen and oxygen atoms in total. The number of carboxylic acids is 1. The molecule has 0 aliphatic rings. The first-order valence-electron chi connectivity index (χ1n) is 6.56. The predicted molar refractivity (Wildman–Crippen MR) is 82.1 cm³/mol. The summed E-state index contributed by atoms with van der Waals surface area (Å²) in [5.41, 5.74) is 0.342. The fourth-order valence-corrected chi connectivity index (χ4v) is 2.37. The molecule has 0 saturated carbocycles. The van der Waals surface area contributed by atoms with Crippen molar-refractivity contribution in [1.29, 1.82) is 0 Å². The third-order valence-corrected chi connectivity index (χ3v) is 3.77. The molecule has 1 aromatic carbocycles. The highest BCUT2D eigenvalue weighted by atomic mass is 32.2. The molecule has 0 saturated heterocycles. The van der Waals surface area contributed by atoms with Crippen molar-refractivity contribution in [3.8, 4) is 0 Å². The Kier molecular flexibility index (Phi) is 6.07. The minimum absolute atomic E-state index is 0.0314. The van der Waals surface area contributed by atoms with Gasteiger partial charge in [0.2, 0.25) is 5.91 Å². The van der Waals surface area contributed by atoms with E-state index in [4.69, 9.17) is 5.11 Å². The van der Waals surface area contributed by atoms with Gasteiger partial charge in [-0.25, -0.2) is 0 Å². The fraction of sp³-hybridized carbons (Fsp3) is 0.467. The van der Waals surface area contributed by atoms with E-state index in [2.05, 4.69) is 5.32 Å². The van der Waals surface area contributed by atoms with Gasteiger partial charge < -0.3 is 10.4 Å². The van der Waals surface area contributed by atoms with Crippen LogP contribution in [-0.4, -0.2) is 22.7 Å². The van der Waals surface area contributed by atoms with Crippen LogP contribution < -0.4 is 5.32 Å². The van der Waals surface area contributed by atoms with E-state index < -0.39 is 11.4 Å². The minimum Gasteiger partial charge on any atom is -0.481 e. The number of hydrogen-bond donors (Lipinski definition) is 2. The quantitative estimate of drug-likeness (QED) is 0.621. The molecule has 2 N–H and O–H groups in total. The number of anilines is 1. The Balaban J connectivity index is 2.64. The van der Waals surface area contributed by atoms with Gasteiger partial charge in [0.25, 0.3) is 0 Å². The zero-order valence-electron chi connectivity index (χ0n) is 12.1. The number of thioether (sulfide) groups is 1. The van der Waals surface area contributed by atoms with Crippen LogP contribution in [0.4, 0.5) is 5.69 Å². The van der Waals surface area contributed by atoms with Gasteiger partial charge in [0.05, 0.1) is 5.69 Å². The van der Waals surface area contributed by atoms with Crippen molar-refractivity contribution in [3.05, 3.63) is 24.3 Å². The zero-order valence-corrected chi connectivity index (χ0v) is 12.9. The fourth-order valence-electron chi connectivity index (χ4n) is 1.41. The molecule has 5 heteroatoms. The predicted octanol–water partition coefficient (Wildman–Crippen LogP) is 3.63. The van der Waals surface area contributed by atoms with Crippen LogP contribution in [0.5, 0.6) is 0 Å². The number of para-hydroxylation sites is 1. The smallest absolute Gasteiger partial charge is 0.303 e. The van der Waals surface area contributed by atoms with Crippen LogP contribution in [-0.2, 0) is 9.59 Å². The third-order valence-electron chi connectivity index (χ3n) is 2.61. The normalized spacial score (nSPS) is 11.2. The highest BCUT2D eigenvalue weighted by molar-refractivity contribution is 7.99. The maximum Gasteiger partial charge on any atom is 0.303 e. The van der Waals surface area contributed by atoms with Crippen molar-refractivity contribution in [2.75, 3.05) is 11.1 Å². The first-order valence-corrected chi connectivity index (χ1v) is 7.54. The summed E-state index contributed by atoms with van der Waals surface area (Å²) in [6.07, 6.45) is 0.783. The molecule has 110 valence electrons. The van der Waals surface area contributed by atoms with E-state index in [1.807, 2.05) is 45.0 Å². The van der Waals surface area contributed by atoms with Crippen LogP contribution in [0.1, 0.15) is 33.6 Å². The molecule has 1 amide bonds. The van der Waals surface area contributed by atoms with Gasteiger partial charge in [0, 0.05) is 16.7 Å². The van der Waals surface area contributed by atoms with Crippen molar-refractivity contribution in [3.63, 3.8) is 0 Å². The number of rotatable bonds is 6. The van der Waals surface area contributed by atoms with Crippen LogP contribution >= 0.6 is 11.8 Å². The molecule has 0 aliphatic carbocycles. The second-order valence-corrected chi connectivity index (χ2v) is 6.68. The van der Waals surface area contributed by atoms with Gasteiger partial charge in [-0.3, -0.25) is 9.59 Å². The summed E-state index contributed by atoms with van der Waals surface area (Å²) >= 11 is 1.56. The summed E-state index contributed by atoms with van der Waals surface area (Å²) in [7, 11) is 0. The number of aliphatic carboxylic acids is 1. The number of benzene rings is 1. The number of carbonyl (C=O) groups excluding carboxylic acids is 1. The minimum atomic E-state index is -0.778. The lowest BCUT2D eigenvalue weighted by atomic mass is 9.95. The molecule has 0 fully saturated rings. The van der Waals surface area contributed by atoms with Crippen LogP contribution in [0, 0.1) is 5.41 Å². The topological polar surface area (TPSA) is 66.4 Å². The Morgan fingerprint density at radius 1 is 1.25 bits per heavy atom. The summed E-state index contributed by atoms with van der Waals surface area (Å²) in [6.45, 7) is 5.60. The molecule has 0 radical (unpaired) electrons. The van der Waals surface area contributed by atoms with Crippen LogP contribution in [0.2, 0.25) is 0 Å². The van der Waals surface area contributed by atoms with Crippen molar-refractivity contribution in [1.82, 2.24) is 0 Å². The standard InChI is InChI=1S/C15H21NO3S/c1-15(2,3)14(19)16-11-7-4-5-8-12(11)20-10-6-9-13(17)18/h4-5,7-8H,6,9-10H2,1-3H3,(H,16,19)(H,17,18). The van der Waals surface area contributed by atoms with E-state index in [0.717, 1.165) is 10.6 Å². The average Bonchev–Trinajstić information content (AvgIpc) is 2.35. The van der Waals surface area contributed by atoms with Crippen LogP contribution in [0.15, 0.2) is 29.2 Å². The van der Waals surface area contributed by atoms with E-state index in [0.29, 0.717) is 12.2 Å². The van der Waals surface area contributed by atoms with Gasteiger partial charge in [-0.2, -0.15) is 0 Å². The average molecular weight is 295 g/mol. The van der Waals surface area contributed by atoms with E-state index in [-0.39, 0.29) is 12.3 Å². The lowest BCUT2D eigenvalue weighted by Gasteiger charge is -2.19. The Morgan fingerprint density at radius 2 is 1.90 bits per heavy atom. The van der Waals surface area contributed by atoms with Gasteiger partial charge in [0.1, 0.15) is 0 Å². The highest BCUT2D eigenvalue weighted by Gasteiger charge is 2.21. The first kappa shape index (κ1) is 16.6. The number of amides is 1. The molecule has 20 heavy (non-hydrogen) atoms. The van der Waals surface area contributed by atoms with Gasteiger partial charge >= 0.3 is 5.97 Å². The van der Waals surface area contributed by atoms with Gasteiger partial charge in [-0.1, -0.05) is 32.9 Å². The maximum atomic E-state index is 12.0. The summed E-state index contributed by atoms with van der Waals surface area (Å²) in [5.74, 6) is -0.0923. The molecular formula is C15H21NO3S. The molecule has 0 atom stereocenters. The number of hydrogen-bond acceptors (Lipinski definition) is 3. The number of nitrogens with one attached hydrogen (secondary N) is 1. The molecule has 0 unspecified atom stereocenters. The molecule has 0 bridgehead atoms. The number of carboxylic acid groups (broad SMARTS) is 1. The molecule has 0 spiro atoms. The largest absolute Gasteiger partial charge is 0.481 e. The van der Waals surface area contributed by atoms with Gasteiger partial charge in [0.15, 0.2) is 0 Å². The molecule has 1 aromatic rings. The number of carbonyl (C=O) groups is 2. The van der Waals surface area contributed by atoms with E-state index in [1.54, 1.807) is 11.8 Å². The molecular weight excluding hydrogens is 274 g/mol. The van der Waals surface area contributed by atoms with Gasteiger partial charge in [-0.05, 0) is 24.3 Å². The Morgan fingerprint density at radius 3 is 2.50 bits per heavy atom. The molecule has 0 heterocycles. The SMILES string of the molecule is CC(C)(C)C(=O)Nc1ccccc1SCCCC(=O)O. The third kappa shape index (κ3) is 5.65. The Labute approximate surface area is 124 Å².